The number of carbonyl (C=O) groups is 1. The summed E-state index contributed by atoms with van der Waals surface area (Å²) in [4.78, 5) is 17.2. The van der Waals surface area contributed by atoms with Crippen molar-refractivity contribution in [2.75, 3.05) is 41.6 Å². The van der Waals surface area contributed by atoms with Gasteiger partial charge in [0.05, 0.1) is 11.9 Å². The molecule has 1 aliphatic rings. The zero-order valence-electron chi connectivity index (χ0n) is 17.0. The van der Waals surface area contributed by atoms with Gasteiger partial charge in [-0.05, 0) is 42.8 Å². The summed E-state index contributed by atoms with van der Waals surface area (Å²) in [6, 6.07) is 13.4. The monoisotopic (exact) mass is 469 g/mol. The third-order valence-corrected chi connectivity index (χ3v) is 6.79. The van der Waals surface area contributed by atoms with Crippen LogP contribution < -0.4 is 9.21 Å². The predicted molar refractivity (Wildman–Crippen MR) is 123 cm³/mol. The van der Waals surface area contributed by atoms with Crippen molar-refractivity contribution < 1.29 is 13.2 Å². The van der Waals surface area contributed by atoms with Gasteiger partial charge in [-0.2, -0.15) is 0 Å². The van der Waals surface area contributed by atoms with Crippen LogP contribution in [0.3, 0.4) is 0 Å². The van der Waals surface area contributed by atoms with Crippen LogP contribution in [0.15, 0.2) is 48.5 Å². The quantitative estimate of drug-likeness (QED) is 0.643. The van der Waals surface area contributed by atoms with E-state index in [9.17, 15) is 13.2 Å². The van der Waals surface area contributed by atoms with E-state index in [2.05, 4.69) is 4.90 Å². The summed E-state index contributed by atoms with van der Waals surface area (Å²) in [5.74, 6) is -0.200. The number of hydrogen-bond acceptors (Lipinski definition) is 4. The van der Waals surface area contributed by atoms with Gasteiger partial charge < -0.3 is 9.80 Å². The average Bonchev–Trinajstić information content (AvgIpc) is 2.70. The first kappa shape index (κ1) is 22.7. The van der Waals surface area contributed by atoms with Crippen molar-refractivity contribution in [2.24, 2.45) is 0 Å². The predicted octanol–water partition coefficient (Wildman–Crippen LogP) is 3.89. The highest BCUT2D eigenvalue weighted by molar-refractivity contribution is 7.92. The number of hydrogen-bond donors (Lipinski definition) is 0. The van der Waals surface area contributed by atoms with E-state index in [1.165, 1.54) is 4.31 Å². The van der Waals surface area contributed by atoms with E-state index < -0.39 is 16.1 Å². The highest BCUT2D eigenvalue weighted by Gasteiger charge is 2.35. The maximum absolute atomic E-state index is 13.3. The molecule has 6 nitrogen and oxygen atoms in total. The summed E-state index contributed by atoms with van der Waals surface area (Å²) in [6.45, 7) is 4.13. The maximum atomic E-state index is 13.3. The molecule has 0 unspecified atom stereocenters. The number of piperazine rings is 1. The molecule has 0 N–H and O–H groups in total. The average molecular weight is 470 g/mol. The molecule has 0 aliphatic carbocycles. The molecule has 9 heteroatoms. The zero-order valence-corrected chi connectivity index (χ0v) is 19.3. The van der Waals surface area contributed by atoms with Crippen LogP contribution in [0.2, 0.25) is 10.0 Å². The number of carbonyl (C=O) groups excluding carboxylic acids is 1. The lowest BCUT2D eigenvalue weighted by Crippen LogP contribution is -2.56. The molecule has 1 fully saturated rings. The van der Waals surface area contributed by atoms with Crippen LogP contribution in [0.25, 0.3) is 0 Å². The number of amides is 1. The molecule has 1 aliphatic heterocycles. The maximum Gasteiger partial charge on any atom is 0.246 e. The Morgan fingerprint density at radius 1 is 1.03 bits per heavy atom. The lowest BCUT2D eigenvalue weighted by atomic mass is 10.1. The van der Waals surface area contributed by atoms with E-state index in [4.69, 9.17) is 23.2 Å². The molecule has 1 saturated heterocycles. The first-order valence-corrected chi connectivity index (χ1v) is 12.4. The summed E-state index contributed by atoms with van der Waals surface area (Å²) in [6.07, 6.45) is 1.47. The van der Waals surface area contributed by atoms with Crippen molar-refractivity contribution in [3.8, 4) is 0 Å². The minimum absolute atomic E-state index is 0.200. The molecule has 3 rings (SSSR count). The number of nitrogens with zero attached hydrogens (tertiary/aromatic N) is 3. The summed E-state index contributed by atoms with van der Waals surface area (Å²) in [5.41, 5.74) is 1.40. The normalized spacial score (nSPS) is 15.7. The van der Waals surface area contributed by atoms with E-state index in [-0.39, 0.29) is 5.91 Å². The summed E-state index contributed by atoms with van der Waals surface area (Å²) in [5, 5.41) is 1.08. The van der Waals surface area contributed by atoms with Crippen molar-refractivity contribution in [1.29, 1.82) is 0 Å². The van der Waals surface area contributed by atoms with Crippen molar-refractivity contribution in [2.45, 2.75) is 19.4 Å². The van der Waals surface area contributed by atoms with Crippen LogP contribution in [0.1, 0.15) is 13.3 Å². The largest absolute Gasteiger partial charge is 0.368 e. The molecule has 30 heavy (non-hydrogen) atoms. The van der Waals surface area contributed by atoms with Gasteiger partial charge in [-0.3, -0.25) is 9.10 Å². The number of benzene rings is 2. The van der Waals surface area contributed by atoms with E-state index in [0.717, 1.165) is 11.9 Å². The van der Waals surface area contributed by atoms with Gasteiger partial charge in [0.1, 0.15) is 6.04 Å². The molecule has 0 spiro atoms. The summed E-state index contributed by atoms with van der Waals surface area (Å²) in [7, 11) is -3.69. The van der Waals surface area contributed by atoms with Crippen molar-refractivity contribution in [3.05, 3.63) is 58.6 Å². The van der Waals surface area contributed by atoms with Gasteiger partial charge in [-0.25, -0.2) is 8.42 Å². The highest BCUT2D eigenvalue weighted by atomic mass is 35.5. The highest BCUT2D eigenvalue weighted by Crippen LogP contribution is 2.27. The Kier molecular flexibility index (Phi) is 7.16. The Balaban J connectivity index is 1.78. The van der Waals surface area contributed by atoms with Gasteiger partial charge in [0.15, 0.2) is 0 Å². The molecule has 0 saturated carbocycles. The van der Waals surface area contributed by atoms with Crippen molar-refractivity contribution in [3.63, 3.8) is 0 Å². The fraction of sp³-hybridized carbons (Fsp3) is 0.381. The van der Waals surface area contributed by atoms with Crippen LogP contribution in [0.5, 0.6) is 0 Å². The molecular formula is C21H25Cl2N3O3S. The molecule has 0 aromatic heterocycles. The Morgan fingerprint density at radius 2 is 1.63 bits per heavy atom. The SMILES string of the molecule is CC[C@H](C(=O)N1CCN(c2cccc(Cl)c2)CC1)N(c1cccc(Cl)c1)S(C)(=O)=O. The number of sulfonamides is 1. The van der Waals surface area contributed by atoms with E-state index >= 15 is 0 Å². The van der Waals surface area contributed by atoms with E-state index in [0.29, 0.717) is 48.3 Å². The van der Waals surface area contributed by atoms with Gasteiger partial charge in [-0.1, -0.05) is 42.3 Å². The van der Waals surface area contributed by atoms with Crippen LogP contribution in [0.4, 0.5) is 11.4 Å². The molecule has 1 atom stereocenters. The second kappa shape index (κ2) is 9.45. The Labute approximate surface area is 188 Å². The standard InChI is InChI=1S/C21H25Cl2N3O3S/c1-3-20(26(30(2,28)29)19-9-5-7-17(23)15-19)21(27)25-12-10-24(11-13-25)18-8-4-6-16(22)14-18/h4-9,14-15,20H,3,10-13H2,1-2H3/t20-/m1/s1. The van der Waals surface area contributed by atoms with E-state index in [1.807, 2.05) is 31.2 Å². The third kappa shape index (κ3) is 5.20. The van der Waals surface area contributed by atoms with E-state index in [1.54, 1.807) is 29.2 Å². The second-order valence-corrected chi connectivity index (χ2v) is 9.99. The van der Waals surface area contributed by atoms with Crippen LogP contribution in [-0.4, -0.2) is 57.7 Å². The van der Waals surface area contributed by atoms with Gasteiger partial charge >= 0.3 is 0 Å². The fourth-order valence-electron chi connectivity index (χ4n) is 3.73. The molecule has 0 bridgehead atoms. The Hall–Kier alpha value is -1.96. The molecule has 0 radical (unpaired) electrons. The summed E-state index contributed by atoms with van der Waals surface area (Å²) >= 11 is 12.2. The molecule has 162 valence electrons. The second-order valence-electron chi connectivity index (χ2n) is 7.25. The molecule has 2 aromatic rings. The number of halogens is 2. The number of rotatable bonds is 6. The molecule has 1 amide bonds. The Bertz CT molecular complexity index is 1010. The molecule has 2 aromatic carbocycles. The first-order chi connectivity index (χ1) is 14.2. The zero-order chi connectivity index (χ0) is 21.9. The first-order valence-electron chi connectivity index (χ1n) is 9.75. The topological polar surface area (TPSA) is 60.9 Å². The third-order valence-electron chi connectivity index (χ3n) is 5.14. The van der Waals surface area contributed by atoms with Crippen molar-refractivity contribution >= 4 is 50.5 Å². The van der Waals surface area contributed by atoms with Gasteiger partial charge in [0.2, 0.25) is 15.9 Å². The van der Waals surface area contributed by atoms with Gasteiger partial charge in [-0.15, -0.1) is 0 Å². The smallest absolute Gasteiger partial charge is 0.246 e. The number of anilines is 2. The van der Waals surface area contributed by atoms with Gasteiger partial charge in [0, 0.05) is 41.9 Å². The lowest BCUT2D eigenvalue weighted by molar-refractivity contribution is -0.132. The van der Waals surface area contributed by atoms with Crippen LogP contribution >= 0.6 is 23.2 Å². The molecule has 1 heterocycles. The van der Waals surface area contributed by atoms with Gasteiger partial charge in [0.25, 0.3) is 0 Å². The minimum Gasteiger partial charge on any atom is -0.368 e. The van der Waals surface area contributed by atoms with Crippen molar-refractivity contribution in [1.82, 2.24) is 4.90 Å². The molecular weight excluding hydrogens is 445 g/mol. The minimum atomic E-state index is -3.69. The van der Waals surface area contributed by atoms with Crippen LogP contribution in [-0.2, 0) is 14.8 Å². The van der Waals surface area contributed by atoms with Crippen LogP contribution in [0, 0.1) is 0 Å². The lowest BCUT2D eigenvalue weighted by Gasteiger charge is -2.39. The Morgan fingerprint density at radius 3 is 2.17 bits per heavy atom. The fourth-order valence-corrected chi connectivity index (χ4v) is 5.29. The summed E-state index contributed by atoms with van der Waals surface area (Å²) < 4.78 is 26.4.